The molecular formula is C22H25NO6. The number of esters is 1. The molecule has 1 aliphatic heterocycles. The lowest BCUT2D eigenvalue weighted by molar-refractivity contribution is -0.199. The summed E-state index contributed by atoms with van der Waals surface area (Å²) in [5.74, 6) is -1.23. The summed E-state index contributed by atoms with van der Waals surface area (Å²) in [5, 5.41) is 20.9. The van der Waals surface area contributed by atoms with Crippen molar-refractivity contribution in [3.05, 3.63) is 71.8 Å². The summed E-state index contributed by atoms with van der Waals surface area (Å²) in [6, 6.07) is 17.7. The predicted octanol–water partition coefficient (Wildman–Crippen LogP) is 1.27. The van der Waals surface area contributed by atoms with E-state index in [1.807, 2.05) is 60.7 Å². The van der Waals surface area contributed by atoms with Crippen LogP contribution in [0.5, 0.6) is 0 Å². The number of nitrogens with zero attached hydrogens (tertiary/aromatic N) is 1. The Bertz CT molecular complexity index is 813. The van der Waals surface area contributed by atoms with Gasteiger partial charge in [-0.2, -0.15) is 0 Å². The first-order valence-electron chi connectivity index (χ1n) is 9.55. The van der Waals surface area contributed by atoms with Crippen LogP contribution < -0.4 is 0 Å². The molecule has 2 aromatic rings. The van der Waals surface area contributed by atoms with Crippen LogP contribution in [0.3, 0.4) is 0 Å². The van der Waals surface area contributed by atoms with Gasteiger partial charge >= 0.3 is 5.97 Å². The van der Waals surface area contributed by atoms with Crippen molar-refractivity contribution >= 4 is 11.9 Å². The van der Waals surface area contributed by atoms with Crippen molar-refractivity contribution in [3.8, 4) is 0 Å². The Morgan fingerprint density at radius 3 is 2.21 bits per heavy atom. The molecule has 29 heavy (non-hydrogen) atoms. The van der Waals surface area contributed by atoms with Crippen molar-refractivity contribution in [2.45, 2.75) is 44.4 Å². The lowest BCUT2D eigenvalue weighted by Crippen LogP contribution is -2.71. The largest absolute Gasteiger partial charge is 0.464 e. The Balaban J connectivity index is 1.75. The van der Waals surface area contributed by atoms with E-state index in [0.717, 1.165) is 11.1 Å². The van der Waals surface area contributed by atoms with Gasteiger partial charge in [-0.15, -0.1) is 0 Å². The molecule has 0 aromatic heterocycles. The predicted molar refractivity (Wildman–Crippen MR) is 104 cm³/mol. The molecule has 7 heteroatoms. The highest BCUT2D eigenvalue weighted by Crippen LogP contribution is 2.30. The van der Waals surface area contributed by atoms with E-state index in [1.54, 1.807) is 6.92 Å². The van der Waals surface area contributed by atoms with E-state index in [1.165, 1.54) is 4.90 Å². The number of aliphatic hydroxyl groups is 2. The minimum Gasteiger partial charge on any atom is -0.464 e. The molecule has 0 bridgehead atoms. The molecule has 0 aliphatic carbocycles. The van der Waals surface area contributed by atoms with Crippen LogP contribution in [0.4, 0.5) is 0 Å². The summed E-state index contributed by atoms with van der Waals surface area (Å²) in [7, 11) is 0. The molecule has 154 valence electrons. The summed E-state index contributed by atoms with van der Waals surface area (Å²) in [5.41, 5.74) is 1.74. The van der Waals surface area contributed by atoms with Crippen LogP contribution in [0, 0.1) is 0 Å². The molecule has 0 spiro atoms. The molecule has 0 radical (unpaired) electrons. The van der Waals surface area contributed by atoms with Crippen molar-refractivity contribution in [2.24, 2.45) is 0 Å². The van der Waals surface area contributed by atoms with Gasteiger partial charge in [0.05, 0.1) is 19.3 Å². The van der Waals surface area contributed by atoms with E-state index in [4.69, 9.17) is 9.47 Å². The van der Waals surface area contributed by atoms with E-state index < -0.39 is 30.3 Å². The number of β-lactam (4-membered cyclic amide) rings is 1. The maximum absolute atomic E-state index is 12.7. The first-order chi connectivity index (χ1) is 14.0. The standard InChI is InChI=1S/C22H25NO6/c1-2-28-22(27)19(25)18(24)17-20(29-14-16-11-7-4-8-12-16)21(26)23(17)13-15-9-5-3-6-10-15/h3-12,17-20,24-25H,2,13-14H2,1H3/t17-,18+,19-,20+/m0/s1. The normalized spacial score (nSPS) is 20.7. The number of likely N-dealkylation sites (tertiary alicyclic amines) is 1. The fourth-order valence-electron chi connectivity index (χ4n) is 3.35. The number of rotatable bonds is 9. The highest BCUT2D eigenvalue weighted by Gasteiger charge is 2.54. The third-order valence-corrected chi connectivity index (χ3v) is 4.87. The zero-order valence-corrected chi connectivity index (χ0v) is 16.2. The van der Waals surface area contributed by atoms with Gasteiger partial charge in [0.25, 0.3) is 5.91 Å². The van der Waals surface area contributed by atoms with E-state index in [-0.39, 0.29) is 25.7 Å². The molecule has 2 aromatic carbocycles. The maximum atomic E-state index is 12.7. The highest BCUT2D eigenvalue weighted by atomic mass is 16.5. The quantitative estimate of drug-likeness (QED) is 0.487. The van der Waals surface area contributed by atoms with Crippen LogP contribution in [0.2, 0.25) is 0 Å². The number of carbonyl (C=O) groups excluding carboxylic acids is 2. The third kappa shape index (κ3) is 4.82. The zero-order valence-electron chi connectivity index (χ0n) is 16.2. The van der Waals surface area contributed by atoms with Gasteiger partial charge in [-0.1, -0.05) is 60.7 Å². The number of hydrogen-bond donors (Lipinski definition) is 2. The molecule has 1 fully saturated rings. The number of amides is 1. The molecular weight excluding hydrogens is 374 g/mol. The van der Waals surface area contributed by atoms with Crippen molar-refractivity contribution in [3.63, 3.8) is 0 Å². The Labute approximate surface area is 169 Å². The number of aliphatic hydroxyl groups excluding tert-OH is 2. The van der Waals surface area contributed by atoms with E-state index in [0.29, 0.717) is 0 Å². The SMILES string of the molecule is CCOC(=O)[C@@H](O)[C@H](O)[C@H]1[C@@H](OCc2ccccc2)C(=O)N1Cc1ccccc1. The van der Waals surface area contributed by atoms with Crippen LogP contribution in [-0.4, -0.2) is 58.0 Å². The summed E-state index contributed by atoms with van der Waals surface area (Å²) < 4.78 is 10.5. The number of hydrogen-bond acceptors (Lipinski definition) is 6. The van der Waals surface area contributed by atoms with E-state index in [2.05, 4.69) is 0 Å². The van der Waals surface area contributed by atoms with Crippen molar-refractivity contribution in [1.82, 2.24) is 4.90 Å². The molecule has 1 aliphatic rings. The van der Waals surface area contributed by atoms with Crippen LogP contribution in [0.15, 0.2) is 60.7 Å². The Hall–Kier alpha value is -2.74. The monoisotopic (exact) mass is 399 g/mol. The Morgan fingerprint density at radius 2 is 1.62 bits per heavy atom. The van der Waals surface area contributed by atoms with E-state index >= 15 is 0 Å². The van der Waals surface area contributed by atoms with Crippen molar-refractivity contribution < 1.29 is 29.3 Å². The first-order valence-corrected chi connectivity index (χ1v) is 9.55. The molecule has 1 saturated heterocycles. The lowest BCUT2D eigenvalue weighted by Gasteiger charge is -2.49. The van der Waals surface area contributed by atoms with Gasteiger partial charge in [-0.05, 0) is 18.1 Å². The van der Waals surface area contributed by atoms with Gasteiger partial charge in [0, 0.05) is 6.54 Å². The minimum absolute atomic E-state index is 0.0773. The second-order valence-electron chi connectivity index (χ2n) is 6.85. The average Bonchev–Trinajstić information content (AvgIpc) is 2.75. The van der Waals surface area contributed by atoms with E-state index in [9.17, 15) is 19.8 Å². The maximum Gasteiger partial charge on any atom is 0.337 e. The second kappa shape index (κ2) is 9.65. The van der Waals surface area contributed by atoms with Gasteiger partial charge in [0.15, 0.2) is 12.2 Å². The van der Waals surface area contributed by atoms with Gasteiger partial charge in [-0.3, -0.25) is 4.79 Å². The zero-order chi connectivity index (χ0) is 20.8. The molecule has 0 unspecified atom stereocenters. The topological polar surface area (TPSA) is 96.3 Å². The second-order valence-corrected chi connectivity index (χ2v) is 6.85. The summed E-state index contributed by atoms with van der Waals surface area (Å²) >= 11 is 0. The van der Waals surface area contributed by atoms with Crippen LogP contribution in [-0.2, 0) is 32.2 Å². The smallest absolute Gasteiger partial charge is 0.337 e. The Morgan fingerprint density at radius 1 is 1.03 bits per heavy atom. The van der Waals surface area contributed by atoms with Gasteiger partial charge in [-0.25, -0.2) is 4.79 Å². The third-order valence-electron chi connectivity index (χ3n) is 4.87. The minimum atomic E-state index is -1.77. The summed E-state index contributed by atoms with van der Waals surface area (Å²) in [4.78, 5) is 26.0. The summed E-state index contributed by atoms with van der Waals surface area (Å²) in [6.07, 6.45) is -4.26. The number of carbonyl (C=O) groups is 2. The van der Waals surface area contributed by atoms with Crippen LogP contribution >= 0.6 is 0 Å². The highest BCUT2D eigenvalue weighted by molar-refractivity contribution is 5.89. The van der Waals surface area contributed by atoms with Crippen LogP contribution in [0.1, 0.15) is 18.1 Å². The summed E-state index contributed by atoms with van der Waals surface area (Å²) in [6.45, 7) is 2.10. The van der Waals surface area contributed by atoms with Crippen LogP contribution in [0.25, 0.3) is 0 Å². The molecule has 3 rings (SSSR count). The average molecular weight is 399 g/mol. The van der Waals surface area contributed by atoms with Gasteiger partial charge < -0.3 is 24.6 Å². The Kier molecular flexibility index (Phi) is 6.98. The lowest BCUT2D eigenvalue weighted by atomic mass is 9.88. The molecule has 4 atom stereocenters. The number of benzene rings is 2. The van der Waals surface area contributed by atoms with Gasteiger partial charge in [0.2, 0.25) is 0 Å². The molecule has 7 nitrogen and oxygen atoms in total. The fourth-order valence-corrected chi connectivity index (χ4v) is 3.35. The molecule has 0 saturated carbocycles. The first kappa shape index (κ1) is 21.0. The van der Waals surface area contributed by atoms with Crippen molar-refractivity contribution in [1.29, 1.82) is 0 Å². The molecule has 1 amide bonds. The molecule has 1 heterocycles. The fraction of sp³-hybridized carbons (Fsp3) is 0.364. The van der Waals surface area contributed by atoms with Gasteiger partial charge in [0.1, 0.15) is 6.10 Å². The number of ether oxygens (including phenoxy) is 2. The molecule has 2 N–H and O–H groups in total. The van der Waals surface area contributed by atoms with Crippen molar-refractivity contribution in [2.75, 3.05) is 6.61 Å².